The van der Waals surface area contributed by atoms with Crippen LogP contribution in [0.5, 0.6) is 0 Å². The first-order valence-corrected chi connectivity index (χ1v) is 32.2. The Labute approximate surface area is 463 Å². The van der Waals surface area contributed by atoms with E-state index in [4.69, 9.17) is 9.05 Å². The van der Waals surface area contributed by atoms with Crippen LogP contribution in [0.15, 0.2) is 109 Å². The molecule has 3 atom stereocenters. The van der Waals surface area contributed by atoms with Gasteiger partial charge >= 0.3 is 0 Å². The highest BCUT2D eigenvalue weighted by atomic mass is 31.2. The van der Waals surface area contributed by atoms with Crippen molar-refractivity contribution in [3.8, 4) is 0 Å². The Morgan fingerprint density at radius 3 is 1.19 bits per heavy atom. The standard InChI is InChI=1S/C66H117N2O6P/c1-6-8-10-12-14-16-18-20-22-24-26-28-29-30-31-32-33-34-35-36-37-38-39-40-42-44-46-48-50-52-54-56-58-60-66(70)67-64(63-74-75(71,72)73-62-61-68(3,4)5)65(69)59-57-55-53-51-49-47-45-43-41-27-25-23-21-19-17-15-13-11-9-7-2/h8,10,14,16,20,22,26,28,30-31,33-34,36-37,39-40,44,46,64-65,69H,6-7,9,11-13,15,17-19,21,23-25,27,29,32,35,38,41-43,45,47-63H2,1-5H3,(H-,67,70,71,72)/b10-8-,16-14-,22-20-,28-26-,31-30-,34-33-,37-36-,40-39-,46-44-. The summed E-state index contributed by atoms with van der Waals surface area (Å²) in [5.74, 6) is -0.186. The van der Waals surface area contributed by atoms with E-state index in [1.165, 1.54) is 109 Å². The molecule has 0 heterocycles. The maximum Gasteiger partial charge on any atom is 0.268 e. The second-order valence-electron chi connectivity index (χ2n) is 21.7. The van der Waals surface area contributed by atoms with Crippen molar-refractivity contribution in [1.29, 1.82) is 0 Å². The van der Waals surface area contributed by atoms with Crippen LogP contribution in [0, 0.1) is 0 Å². The third-order valence-electron chi connectivity index (χ3n) is 13.3. The molecule has 9 heteroatoms. The summed E-state index contributed by atoms with van der Waals surface area (Å²) in [6.07, 6.45) is 81.2. The number of hydrogen-bond donors (Lipinski definition) is 2. The summed E-state index contributed by atoms with van der Waals surface area (Å²) in [7, 11) is 1.28. The Hall–Kier alpha value is -2.84. The summed E-state index contributed by atoms with van der Waals surface area (Å²) >= 11 is 0. The van der Waals surface area contributed by atoms with Gasteiger partial charge in [-0.3, -0.25) is 9.36 Å². The van der Waals surface area contributed by atoms with E-state index in [1.54, 1.807) is 0 Å². The monoisotopic (exact) mass is 1060 g/mol. The normalized spacial score (nSPS) is 14.6. The number of hydrogen-bond acceptors (Lipinski definition) is 6. The fourth-order valence-electron chi connectivity index (χ4n) is 8.50. The predicted octanol–water partition coefficient (Wildman–Crippen LogP) is 18.5. The van der Waals surface area contributed by atoms with Gasteiger partial charge in [0.15, 0.2) is 0 Å². The number of aliphatic hydroxyl groups is 1. The first kappa shape index (κ1) is 72.2. The molecule has 3 unspecified atom stereocenters. The number of nitrogens with one attached hydrogen (secondary N) is 1. The number of nitrogens with zero attached hydrogens (tertiary/aromatic N) is 1. The topological polar surface area (TPSA) is 108 Å². The summed E-state index contributed by atoms with van der Waals surface area (Å²) in [6.45, 7) is 4.60. The molecule has 0 aliphatic rings. The van der Waals surface area contributed by atoms with Crippen molar-refractivity contribution in [3.05, 3.63) is 109 Å². The minimum Gasteiger partial charge on any atom is -0.756 e. The highest BCUT2D eigenvalue weighted by Crippen LogP contribution is 2.38. The quantitative estimate of drug-likeness (QED) is 0.0272. The zero-order valence-corrected chi connectivity index (χ0v) is 50.1. The third-order valence-corrected chi connectivity index (χ3v) is 14.2. The van der Waals surface area contributed by atoms with E-state index in [9.17, 15) is 19.4 Å². The second kappa shape index (κ2) is 55.9. The van der Waals surface area contributed by atoms with Gasteiger partial charge < -0.3 is 28.8 Å². The zero-order chi connectivity index (χ0) is 54.9. The molecular formula is C66H117N2O6P. The summed E-state index contributed by atoms with van der Waals surface area (Å²) in [6, 6.07) is -0.820. The van der Waals surface area contributed by atoms with Crippen LogP contribution < -0.4 is 10.2 Å². The van der Waals surface area contributed by atoms with Crippen LogP contribution in [0.3, 0.4) is 0 Å². The van der Waals surface area contributed by atoms with E-state index in [0.717, 1.165) is 116 Å². The number of amides is 1. The number of quaternary nitrogens is 1. The number of phosphoric acid groups is 1. The maximum absolute atomic E-state index is 13.0. The molecule has 0 spiro atoms. The van der Waals surface area contributed by atoms with E-state index in [0.29, 0.717) is 23.9 Å². The van der Waals surface area contributed by atoms with Gasteiger partial charge in [-0.1, -0.05) is 271 Å². The Morgan fingerprint density at radius 2 is 0.813 bits per heavy atom. The fraction of sp³-hybridized carbons (Fsp3) is 0.712. The molecule has 0 saturated heterocycles. The molecule has 0 rings (SSSR count). The van der Waals surface area contributed by atoms with Crippen molar-refractivity contribution < 1.29 is 32.9 Å². The Kier molecular flexibility index (Phi) is 53.8. The lowest BCUT2D eigenvalue weighted by Gasteiger charge is -2.30. The molecule has 432 valence electrons. The average Bonchev–Trinajstić information content (AvgIpc) is 3.37. The fourth-order valence-corrected chi connectivity index (χ4v) is 9.23. The van der Waals surface area contributed by atoms with Crippen molar-refractivity contribution >= 4 is 13.7 Å². The average molecular weight is 1070 g/mol. The third kappa shape index (κ3) is 58.7. The molecule has 0 aliphatic carbocycles. The minimum absolute atomic E-state index is 0.00261. The Bertz CT molecular complexity index is 1590. The number of unbranched alkanes of at least 4 members (excludes halogenated alkanes) is 24. The van der Waals surface area contributed by atoms with Gasteiger partial charge in [-0.15, -0.1) is 0 Å². The first-order valence-electron chi connectivity index (χ1n) is 30.7. The molecular weight excluding hydrogens is 948 g/mol. The van der Waals surface area contributed by atoms with Crippen LogP contribution in [0.1, 0.15) is 251 Å². The summed E-state index contributed by atoms with van der Waals surface area (Å²) in [5.41, 5.74) is 0. The van der Waals surface area contributed by atoms with E-state index >= 15 is 0 Å². The molecule has 0 radical (unpaired) electrons. The van der Waals surface area contributed by atoms with Crippen LogP contribution in [0.25, 0.3) is 0 Å². The molecule has 1 amide bonds. The van der Waals surface area contributed by atoms with Gasteiger partial charge in [-0.05, 0) is 83.5 Å². The van der Waals surface area contributed by atoms with Crippen molar-refractivity contribution in [1.82, 2.24) is 5.32 Å². The SMILES string of the molecule is CC/C=C\C/C=C\C/C=C\C/C=C\C/C=C\C/C=C\C/C=C\C/C=C\C/C=C\CCCCCCCC(=O)NC(COP(=O)([O-])OCC[N+](C)(C)C)C(O)CCCCCCCCCCCCCCCCCCCCCC. The van der Waals surface area contributed by atoms with Crippen LogP contribution in [0.4, 0.5) is 0 Å². The number of aliphatic hydroxyl groups excluding tert-OH is 1. The van der Waals surface area contributed by atoms with Crippen molar-refractivity contribution in [2.75, 3.05) is 40.9 Å². The van der Waals surface area contributed by atoms with E-state index in [1.807, 2.05) is 21.1 Å². The predicted molar refractivity (Wildman–Crippen MR) is 325 cm³/mol. The van der Waals surface area contributed by atoms with Crippen LogP contribution in [-0.2, 0) is 18.4 Å². The van der Waals surface area contributed by atoms with E-state index < -0.39 is 20.0 Å². The largest absolute Gasteiger partial charge is 0.756 e. The molecule has 0 aliphatic heterocycles. The lowest BCUT2D eigenvalue weighted by molar-refractivity contribution is -0.870. The maximum atomic E-state index is 13.0. The van der Waals surface area contributed by atoms with Gasteiger partial charge in [-0.25, -0.2) is 0 Å². The molecule has 0 aromatic carbocycles. The van der Waals surface area contributed by atoms with Gasteiger partial charge in [0.2, 0.25) is 5.91 Å². The molecule has 75 heavy (non-hydrogen) atoms. The number of rotatable bonds is 55. The summed E-state index contributed by atoms with van der Waals surface area (Å²) in [5, 5.41) is 14.0. The summed E-state index contributed by atoms with van der Waals surface area (Å²) in [4.78, 5) is 25.6. The molecule has 2 N–H and O–H groups in total. The molecule has 0 saturated carbocycles. The molecule has 0 bridgehead atoms. The Balaban J connectivity index is 4.22. The van der Waals surface area contributed by atoms with Crippen molar-refractivity contribution in [3.63, 3.8) is 0 Å². The molecule has 8 nitrogen and oxygen atoms in total. The number of carbonyl (C=O) groups excluding carboxylic acids is 1. The van der Waals surface area contributed by atoms with Gasteiger partial charge in [0, 0.05) is 6.42 Å². The second-order valence-corrected chi connectivity index (χ2v) is 23.1. The van der Waals surface area contributed by atoms with Crippen molar-refractivity contribution in [2.24, 2.45) is 0 Å². The van der Waals surface area contributed by atoms with Crippen LogP contribution in [0.2, 0.25) is 0 Å². The lowest BCUT2D eigenvalue weighted by atomic mass is 10.0. The number of phosphoric ester groups is 1. The number of carbonyl (C=O) groups is 1. The van der Waals surface area contributed by atoms with Gasteiger partial charge in [0.1, 0.15) is 13.2 Å². The smallest absolute Gasteiger partial charge is 0.268 e. The number of allylic oxidation sites excluding steroid dienone is 18. The van der Waals surface area contributed by atoms with Crippen LogP contribution in [-0.4, -0.2) is 68.5 Å². The van der Waals surface area contributed by atoms with Crippen molar-refractivity contribution in [2.45, 2.75) is 264 Å². The lowest BCUT2D eigenvalue weighted by Crippen LogP contribution is -2.46. The zero-order valence-electron chi connectivity index (χ0n) is 49.2. The first-order chi connectivity index (χ1) is 36.5. The number of likely N-dealkylation sites (N-methyl/N-ethyl adjacent to an activating group) is 1. The highest BCUT2D eigenvalue weighted by Gasteiger charge is 2.24. The van der Waals surface area contributed by atoms with E-state index in [-0.39, 0.29) is 19.1 Å². The summed E-state index contributed by atoms with van der Waals surface area (Å²) < 4.78 is 23.4. The molecule has 0 aromatic heterocycles. The Morgan fingerprint density at radius 1 is 0.480 bits per heavy atom. The minimum atomic E-state index is -4.59. The van der Waals surface area contributed by atoms with Gasteiger partial charge in [0.25, 0.3) is 7.82 Å². The van der Waals surface area contributed by atoms with Gasteiger partial charge in [-0.2, -0.15) is 0 Å². The van der Waals surface area contributed by atoms with Crippen LogP contribution >= 0.6 is 7.82 Å². The van der Waals surface area contributed by atoms with Gasteiger partial charge in [0.05, 0.1) is 39.9 Å². The molecule has 0 aromatic rings. The molecule has 0 fully saturated rings. The highest BCUT2D eigenvalue weighted by molar-refractivity contribution is 7.45. The van der Waals surface area contributed by atoms with E-state index in [2.05, 4.69) is 129 Å².